The highest BCUT2D eigenvalue weighted by Gasteiger charge is 2.34. The van der Waals surface area contributed by atoms with Crippen molar-refractivity contribution in [2.45, 2.75) is 17.9 Å². The van der Waals surface area contributed by atoms with Gasteiger partial charge in [-0.3, -0.25) is 0 Å². The second-order valence-electron chi connectivity index (χ2n) is 4.26. The largest absolute Gasteiger partial charge is 0.378 e. The van der Waals surface area contributed by atoms with Gasteiger partial charge in [0.2, 0.25) is 10.0 Å². The quantitative estimate of drug-likeness (QED) is 0.795. The number of rotatable bonds is 3. The Morgan fingerprint density at radius 2 is 2.17 bits per heavy atom. The van der Waals surface area contributed by atoms with Crippen LogP contribution in [-0.4, -0.2) is 44.4 Å². The third-order valence-electron chi connectivity index (χ3n) is 3.03. The molecular formula is C12H16ClNO3S. The van der Waals surface area contributed by atoms with Crippen LogP contribution in [0.4, 0.5) is 0 Å². The second kappa shape index (κ2) is 5.57. The van der Waals surface area contributed by atoms with Gasteiger partial charge in [0.1, 0.15) is 0 Å². The summed E-state index contributed by atoms with van der Waals surface area (Å²) < 4.78 is 31.9. The molecule has 1 fully saturated rings. The maximum Gasteiger partial charge on any atom is 0.243 e. The predicted molar refractivity (Wildman–Crippen MR) is 70.4 cm³/mol. The number of ether oxygens (including phenoxy) is 1. The van der Waals surface area contributed by atoms with Gasteiger partial charge in [0.05, 0.1) is 24.2 Å². The standard InChI is InChI=1S/C12H16ClNO3S/c1-10-4-2-3-5-12(10)18(15,16)14-6-7-17-9-11(14)8-13/h2-5,11H,6-9H2,1H3. The third-order valence-corrected chi connectivity index (χ3v) is 5.50. The van der Waals surface area contributed by atoms with E-state index in [4.69, 9.17) is 16.3 Å². The predicted octanol–water partition coefficient (Wildman–Crippen LogP) is 1.62. The van der Waals surface area contributed by atoms with Crippen LogP contribution in [0.3, 0.4) is 0 Å². The molecule has 0 saturated carbocycles. The summed E-state index contributed by atoms with van der Waals surface area (Å²) in [5, 5.41) is 0. The van der Waals surface area contributed by atoms with E-state index < -0.39 is 10.0 Å². The van der Waals surface area contributed by atoms with Crippen molar-refractivity contribution in [3.8, 4) is 0 Å². The normalized spacial score (nSPS) is 22.0. The maximum absolute atomic E-state index is 12.6. The summed E-state index contributed by atoms with van der Waals surface area (Å²) in [6.07, 6.45) is 0. The van der Waals surface area contributed by atoms with E-state index in [0.717, 1.165) is 5.56 Å². The molecule has 1 heterocycles. The number of sulfonamides is 1. The van der Waals surface area contributed by atoms with E-state index in [1.807, 2.05) is 6.07 Å². The van der Waals surface area contributed by atoms with Gasteiger partial charge in [-0.1, -0.05) is 18.2 Å². The molecule has 100 valence electrons. The summed E-state index contributed by atoms with van der Waals surface area (Å²) >= 11 is 5.82. The summed E-state index contributed by atoms with van der Waals surface area (Å²) in [4.78, 5) is 0.349. The second-order valence-corrected chi connectivity index (χ2v) is 6.43. The van der Waals surface area contributed by atoms with E-state index in [2.05, 4.69) is 0 Å². The summed E-state index contributed by atoms with van der Waals surface area (Å²) in [5.41, 5.74) is 0.748. The van der Waals surface area contributed by atoms with Crippen LogP contribution in [0.1, 0.15) is 5.56 Å². The number of morpholine rings is 1. The average Bonchev–Trinajstić information content (AvgIpc) is 2.39. The molecule has 4 nitrogen and oxygen atoms in total. The molecule has 0 N–H and O–H groups in total. The topological polar surface area (TPSA) is 46.6 Å². The van der Waals surface area contributed by atoms with E-state index >= 15 is 0 Å². The Labute approximate surface area is 113 Å². The highest BCUT2D eigenvalue weighted by molar-refractivity contribution is 7.89. The highest BCUT2D eigenvalue weighted by Crippen LogP contribution is 2.23. The van der Waals surface area contributed by atoms with Gasteiger partial charge >= 0.3 is 0 Å². The van der Waals surface area contributed by atoms with Crippen LogP contribution >= 0.6 is 11.6 Å². The van der Waals surface area contributed by atoms with E-state index in [-0.39, 0.29) is 11.9 Å². The zero-order valence-electron chi connectivity index (χ0n) is 10.2. The molecule has 6 heteroatoms. The van der Waals surface area contributed by atoms with Crippen LogP contribution in [0.5, 0.6) is 0 Å². The maximum atomic E-state index is 12.6. The van der Waals surface area contributed by atoms with E-state index in [9.17, 15) is 8.42 Å². The van der Waals surface area contributed by atoms with Crippen LogP contribution in [0.15, 0.2) is 29.2 Å². The van der Waals surface area contributed by atoms with Crippen LogP contribution in [-0.2, 0) is 14.8 Å². The molecule has 0 spiro atoms. The molecule has 0 bridgehead atoms. The SMILES string of the molecule is Cc1ccccc1S(=O)(=O)N1CCOCC1CCl. The van der Waals surface area contributed by atoms with Gasteiger partial charge in [0, 0.05) is 12.4 Å². The van der Waals surface area contributed by atoms with E-state index in [0.29, 0.717) is 24.7 Å². The fourth-order valence-electron chi connectivity index (χ4n) is 2.05. The lowest BCUT2D eigenvalue weighted by molar-refractivity contribution is 0.0404. The summed E-state index contributed by atoms with van der Waals surface area (Å²) in [7, 11) is -3.49. The number of aryl methyl sites for hydroxylation is 1. The Morgan fingerprint density at radius 1 is 1.44 bits per heavy atom. The molecule has 1 unspecified atom stereocenters. The summed E-state index contributed by atoms with van der Waals surface area (Å²) in [6.45, 7) is 2.92. The zero-order valence-corrected chi connectivity index (χ0v) is 11.7. The fourth-order valence-corrected chi connectivity index (χ4v) is 4.21. The lowest BCUT2D eigenvalue weighted by Crippen LogP contribution is -2.49. The van der Waals surface area contributed by atoms with Crippen LogP contribution in [0.2, 0.25) is 0 Å². The lowest BCUT2D eigenvalue weighted by Gasteiger charge is -2.33. The molecule has 1 aromatic rings. The minimum Gasteiger partial charge on any atom is -0.378 e. The molecule has 1 saturated heterocycles. The molecule has 1 atom stereocenters. The van der Waals surface area contributed by atoms with Gasteiger partial charge < -0.3 is 4.74 Å². The van der Waals surface area contributed by atoms with Crippen molar-refractivity contribution in [3.63, 3.8) is 0 Å². The minimum atomic E-state index is -3.49. The minimum absolute atomic E-state index is 0.241. The molecule has 0 amide bonds. The molecule has 0 aromatic heterocycles. The van der Waals surface area contributed by atoms with Crippen molar-refractivity contribution >= 4 is 21.6 Å². The number of benzene rings is 1. The van der Waals surface area contributed by atoms with Gasteiger partial charge in [-0.25, -0.2) is 8.42 Å². The number of hydrogen-bond acceptors (Lipinski definition) is 3. The van der Waals surface area contributed by atoms with Crippen molar-refractivity contribution < 1.29 is 13.2 Å². The van der Waals surface area contributed by atoms with E-state index in [1.54, 1.807) is 25.1 Å². The van der Waals surface area contributed by atoms with Gasteiger partial charge in [-0.2, -0.15) is 4.31 Å². The van der Waals surface area contributed by atoms with Gasteiger partial charge in [-0.15, -0.1) is 11.6 Å². The number of hydrogen-bond donors (Lipinski definition) is 0. The summed E-state index contributed by atoms with van der Waals surface area (Å²) in [5.74, 6) is 0.241. The highest BCUT2D eigenvalue weighted by atomic mass is 35.5. The Morgan fingerprint density at radius 3 is 2.83 bits per heavy atom. The van der Waals surface area contributed by atoms with Gasteiger partial charge in [0.15, 0.2) is 0 Å². The van der Waals surface area contributed by atoms with Crippen molar-refractivity contribution in [2.24, 2.45) is 0 Å². The first-order valence-electron chi connectivity index (χ1n) is 5.78. The van der Waals surface area contributed by atoms with Gasteiger partial charge in [-0.05, 0) is 18.6 Å². The van der Waals surface area contributed by atoms with Gasteiger partial charge in [0.25, 0.3) is 0 Å². The van der Waals surface area contributed by atoms with Crippen molar-refractivity contribution in [2.75, 3.05) is 25.6 Å². The number of alkyl halides is 1. The van der Waals surface area contributed by atoms with Crippen LogP contribution in [0, 0.1) is 6.92 Å². The first-order chi connectivity index (χ1) is 8.57. The fraction of sp³-hybridized carbons (Fsp3) is 0.500. The molecule has 1 aromatic carbocycles. The van der Waals surface area contributed by atoms with E-state index in [1.165, 1.54) is 4.31 Å². The zero-order chi connectivity index (χ0) is 13.2. The Bertz CT molecular complexity index is 518. The number of halogens is 1. The van der Waals surface area contributed by atoms with Crippen LogP contribution in [0.25, 0.3) is 0 Å². The molecule has 0 aliphatic carbocycles. The number of nitrogens with zero attached hydrogens (tertiary/aromatic N) is 1. The molecule has 0 radical (unpaired) electrons. The van der Waals surface area contributed by atoms with Crippen molar-refractivity contribution in [1.29, 1.82) is 0 Å². The lowest BCUT2D eigenvalue weighted by atomic mass is 10.2. The van der Waals surface area contributed by atoms with Crippen LogP contribution < -0.4 is 0 Å². The average molecular weight is 290 g/mol. The molecule has 1 aliphatic rings. The Hall–Kier alpha value is -0.620. The Balaban J connectivity index is 2.39. The Kier molecular flexibility index (Phi) is 4.27. The van der Waals surface area contributed by atoms with Crippen molar-refractivity contribution in [1.82, 2.24) is 4.31 Å². The summed E-state index contributed by atoms with van der Waals surface area (Å²) in [6, 6.07) is 6.70. The first-order valence-corrected chi connectivity index (χ1v) is 7.76. The molecule has 1 aliphatic heterocycles. The molecule has 18 heavy (non-hydrogen) atoms. The smallest absolute Gasteiger partial charge is 0.243 e. The third kappa shape index (κ3) is 2.54. The molecular weight excluding hydrogens is 274 g/mol. The first kappa shape index (κ1) is 13.8. The van der Waals surface area contributed by atoms with Crippen molar-refractivity contribution in [3.05, 3.63) is 29.8 Å². The molecule has 2 rings (SSSR count). The monoisotopic (exact) mass is 289 g/mol.